The van der Waals surface area contributed by atoms with E-state index in [0.29, 0.717) is 4.88 Å². The number of carbonyl (C=O) groups excluding carboxylic acids is 1. The number of rotatable bonds is 3. The van der Waals surface area contributed by atoms with Gasteiger partial charge in [0, 0.05) is 4.88 Å². The number of thiophene rings is 1. The van der Waals surface area contributed by atoms with Gasteiger partial charge in [0.05, 0.1) is 17.7 Å². The third-order valence-electron chi connectivity index (χ3n) is 2.38. The SMILES string of the molecule is Cc1ccc(C(=O)Cn2cnc(C#N)c2C#N)s1. The molecule has 2 aromatic rings. The van der Waals surface area contributed by atoms with Gasteiger partial charge in [-0.25, -0.2) is 4.98 Å². The molecule has 88 valence electrons. The Hall–Kier alpha value is -2.44. The standard InChI is InChI=1S/C12H8N4OS/c1-8-2-3-12(18-8)11(17)6-16-7-15-9(4-13)10(16)5-14/h2-3,7H,6H2,1H3. The van der Waals surface area contributed by atoms with E-state index in [4.69, 9.17) is 10.5 Å². The van der Waals surface area contributed by atoms with Crippen LogP contribution in [0, 0.1) is 29.6 Å². The molecule has 0 radical (unpaired) electrons. The Labute approximate surface area is 108 Å². The molecule has 6 heteroatoms. The van der Waals surface area contributed by atoms with E-state index in [-0.39, 0.29) is 23.7 Å². The van der Waals surface area contributed by atoms with E-state index in [1.54, 1.807) is 6.07 Å². The van der Waals surface area contributed by atoms with Crippen LogP contribution in [0.3, 0.4) is 0 Å². The third-order valence-corrected chi connectivity index (χ3v) is 3.42. The molecule has 0 aliphatic heterocycles. The Bertz CT molecular complexity index is 684. The number of nitrogens with zero attached hydrogens (tertiary/aromatic N) is 4. The molecule has 0 amide bonds. The monoisotopic (exact) mass is 256 g/mol. The molecule has 0 aliphatic rings. The number of Topliss-reactive ketones (excluding diaryl/α,β-unsaturated/α-hetero) is 1. The van der Waals surface area contributed by atoms with Crippen molar-refractivity contribution in [2.24, 2.45) is 0 Å². The molecule has 2 aromatic heterocycles. The summed E-state index contributed by atoms with van der Waals surface area (Å²) in [6, 6.07) is 7.34. The molecular formula is C12H8N4OS. The minimum absolute atomic E-state index is 0.0253. The summed E-state index contributed by atoms with van der Waals surface area (Å²) in [4.78, 5) is 17.5. The molecule has 0 spiro atoms. The van der Waals surface area contributed by atoms with Crippen molar-refractivity contribution >= 4 is 17.1 Å². The van der Waals surface area contributed by atoms with Crippen molar-refractivity contribution in [3.63, 3.8) is 0 Å². The van der Waals surface area contributed by atoms with Crippen LogP contribution in [0.5, 0.6) is 0 Å². The van der Waals surface area contributed by atoms with Crippen LogP contribution >= 0.6 is 11.3 Å². The van der Waals surface area contributed by atoms with Crippen molar-refractivity contribution in [2.45, 2.75) is 13.5 Å². The first kappa shape index (κ1) is 12.0. The summed E-state index contributed by atoms with van der Waals surface area (Å²) in [5.74, 6) is -0.0912. The number of aromatic nitrogens is 2. The molecule has 5 nitrogen and oxygen atoms in total. The molecule has 0 fully saturated rings. The zero-order valence-electron chi connectivity index (χ0n) is 9.54. The zero-order valence-corrected chi connectivity index (χ0v) is 10.4. The number of carbonyl (C=O) groups is 1. The summed E-state index contributed by atoms with van der Waals surface area (Å²) in [5.41, 5.74) is 0.173. The molecule has 0 saturated carbocycles. The number of hydrogen-bond acceptors (Lipinski definition) is 5. The van der Waals surface area contributed by atoms with Gasteiger partial charge in [0.2, 0.25) is 0 Å². The van der Waals surface area contributed by atoms with Crippen LogP contribution in [0.4, 0.5) is 0 Å². The molecular weight excluding hydrogens is 248 g/mol. The van der Waals surface area contributed by atoms with Gasteiger partial charge < -0.3 is 4.57 Å². The van der Waals surface area contributed by atoms with Crippen molar-refractivity contribution < 1.29 is 4.79 Å². The molecule has 18 heavy (non-hydrogen) atoms. The van der Waals surface area contributed by atoms with Crippen LogP contribution in [-0.2, 0) is 6.54 Å². The fourth-order valence-corrected chi connectivity index (χ4v) is 2.32. The molecule has 2 rings (SSSR count). The first-order chi connectivity index (χ1) is 8.65. The zero-order chi connectivity index (χ0) is 13.1. The number of imidazole rings is 1. The van der Waals surface area contributed by atoms with Crippen LogP contribution in [0.25, 0.3) is 0 Å². The third kappa shape index (κ3) is 2.15. The van der Waals surface area contributed by atoms with Crippen LogP contribution in [0.1, 0.15) is 25.9 Å². The summed E-state index contributed by atoms with van der Waals surface area (Å²) in [7, 11) is 0. The van der Waals surface area contributed by atoms with Gasteiger partial charge >= 0.3 is 0 Å². The van der Waals surface area contributed by atoms with Gasteiger partial charge in [-0.2, -0.15) is 10.5 Å². The fourth-order valence-electron chi connectivity index (χ4n) is 1.52. The first-order valence-corrected chi connectivity index (χ1v) is 5.92. The molecule has 0 bridgehead atoms. The second kappa shape index (κ2) is 4.82. The Morgan fingerprint density at radius 3 is 2.78 bits per heavy atom. The van der Waals surface area contributed by atoms with Crippen LogP contribution in [0.15, 0.2) is 18.5 Å². The van der Waals surface area contributed by atoms with Crippen molar-refractivity contribution in [1.29, 1.82) is 10.5 Å². The smallest absolute Gasteiger partial charge is 0.192 e. The maximum Gasteiger partial charge on any atom is 0.192 e. The van der Waals surface area contributed by atoms with E-state index in [1.165, 1.54) is 22.2 Å². The maximum atomic E-state index is 12.0. The van der Waals surface area contributed by atoms with Gasteiger partial charge in [0.25, 0.3) is 0 Å². The highest BCUT2D eigenvalue weighted by Gasteiger charge is 2.14. The van der Waals surface area contributed by atoms with Gasteiger partial charge in [-0.3, -0.25) is 4.79 Å². The van der Waals surface area contributed by atoms with E-state index >= 15 is 0 Å². The quantitative estimate of drug-likeness (QED) is 0.785. The van der Waals surface area contributed by atoms with Crippen molar-refractivity contribution in [3.8, 4) is 12.1 Å². The highest BCUT2D eigenvalue weighted by molar-refractivity contribution is 7.14. The molecule has 0 aliphatic carbocycles. The average molecular weight is 256 g/mol. The van der Waals surface area contributed by atoms with Gasteiger partial charge in [-0.1, -0.05) is 0 Å². The lowest BCUT2D eigenvalue weighted by Crippen LogP contribution is -2.10. The summed E-state index contributed by atoms with van der Waals surface area (Å²) in [6.45, 7) is 1.95. The summed E-state index contributed by atoms with van der Waals surface area (Å²) < 4.78 is 1.40. The number of ketones is 1. The van der Waals surface area contributed by atoms with Crippen LogP contribution in [0.2, 0.25) is 0 Å². The van der Waals surface area contributed by atoms with E-state index in [9.17, 15) is 4.79 Å². The van der Waals surface area contributed by atoms with Crippen LogP contribution < -0.4 is 0 Å². The highest BCUT2D eigenvalue weighted by atomic mass is 32.1. The van der Waals surface area contributed by atoms with Gasteiger partial charge in [-0.05, 0) is 19.1 Å². The average Bonchev–Trinajstić information content (AvgIpc) is 2.95. The number of aryl methyl sites for hydroxylation is 1. The molecule has 0 unspecified atom stereocenters. The molecule has 0 saturated heterocycles. The Morgan fingerprint density at radius 2 is 2.22 bits per heavy atom. The van der Waals surface area contributed by atoms with Gasteiger partial charge in [0.1, 0.15) is 12.1 Å². The minimum Gasteiger partial charge on any atom is -0.313 e. The predicted octanol–water partition coefficient (Wildman–Crippen LogP) is 1.88. The molecule has 2 heterocycles. The van der Waals surface area contributed by atoms with Crippen molar-refractivity contribution in [1.82, 2.24) is 9.55 Å². The normalized spacial score (nSPS) is 9.72. The topological polar surface area (TPSA) is 82.5 Å². The Kier molecular flexibility index (Phi) is 3.22. The highest BCUT2D eigenvalue weighted by Crippen LogP contribution is 2.17. The second-order valence-electron chi connectivity index (χ2n) is 3.63. The second-order valence-corrected chi connectivity index (χ2v) is 4.91. The summed E-state index contributed by atoms with van der Waals surface area (Å²) in [5, 5.41) is 17.7. The first-order valence-electron chi connectivity index (χ1n) is 5.10. The Morgan fingerprint density at radius 1 is 1.44 bits per heavy atom. The van der Waals surface area contributed by atoms with Gasteiger partial charge in [0.15, 0.2) is 17.2 Å². The molecule has 0 atom stereocenters. The van der Waals surface area contributed by atoms with Crippen molar-refractivity contribution in [2.75, 3.05) is 0 Å². The maximum absolute atomic E-state index is 12.0. The largest absolute Gasteiger partial charge is 0.313 e. The Balaban J connectivity index is 2.26. The lowest BCUT2D eigenvalue weighted by Gasteiger charge is -2.00. The lowest BCUT2D eigenvalue weighted by molar-refractivity contribution is 0.0975. The molecule has 0 aromatic carbocycles. The molecule has 0 N–H and O–H groups in total. The number of hydrogen-bond donors (Lipinski definition) is 0. The van der Waals surface area contributed by atoms with E-state index < -0.39 is 0 Å². The summed E-state index contributed by atoms with van der Waals surface area (Å²) >= 11 is 1.41. The van der Waals surface area contributed by atoms with E-state index in [2.05, 4.69) is 4.98 Å². The fraction of sp³-hybridized carbons (Fsp3) is 0.167. The van der Waals surface area contributed by atoms with Gasteiger partial charge in [-0.15, -0.1) is 11.3 Å². The predicted molar refractivity (Wildman–Crippen MR) is 65.0 cm³/mol. The minimum atomic E-state index is -0.0912. The summed E-state index contributed by atoms with van der Waals surface area (Å²) in [6.07, 6.45) is 1.34. The van der Waals surface area contributed by atoms with Crippen molar-refractivity contribution in [3.05, 3.63) is 39.6 Å². The van der Waals surface area contributed by atoms with E-state index in [1.807, 2.05) is 25.1 Å². The lowest BCUT2D eigenvalue weighted by atomic mass is 10.3. The number of nitriles is 2. The van der Waals surface area contributed by atoms with Crippen LogP contribution in [-0.4, -0.2) is 15.3 Å². The van der Waals surface area contributed by atoms with E-state index in [0.717, 1.165) is 4.88 Å².